The molecule has 0 saturated heterocycles. The van der Waals surface area contributed by atoms with Crippen molar-refractivity contribution < 1.29 is 14.3 Å². The van der Waals surface area contributed by atoms with Gasteiger partial charge in [0.15, 0.2) is 5.84 Å². The fourth-order valence-corrected chi connectivity index (χ4v) is 1.89. The number of nitrogens with zero attached hydrogens (tertiary/aromatic N) is 3. The lowest BCUT2D eigenvalue weighted by Crippen LogP contribution is -2.15. The zero-order chi connectivity index (χ0) is 14.9. The van der Waals surface area contributed by atoms with Gasteiger partial charge in [0.1, 0.15) is 17.1 Å². The summed E-state index contributed by atoms with van der Waals surface area (Å²) in [6.07, 6.45) is 0. The number of aromatic nitrogens is 2. The zero-order valence-electron chi connectivity index (χ0n) is 11.4. The molecule has 0 aliphatic rings. The number of ether oxygens (including phenoxy) is 1. The fraction of sp³-hybridized carbons (Fsp3) is 0.231. The Hall–Kier alpha value is -2.57. The number of aryl methyl sites for hydroxylation is 3. The molecule has 2 rings (SSSR count). The van der Waals surface area contributed by atoms with Crippen LogP contribution in [0.1, 0.15) is 16.8 Å². The molecule has 106 valence electrons. The third-order valence-corrected chi connectivity index (χ3v) is 2.88. The number of oxime groups is 1. The van der Waals surface area contributed by atoms with E-state index < -0.39 is 0 Å². The first-order valence-electron chi connectivity index (χ1n) is 5.89. The highest BCUT2D eigenvalue weighted by molar-refractivity contribution is 6.00. The minimum absolute atomic E-state index is 0.0931. The number of rotatable bonds is 3. The van der Waals surface area contributed by atoms with Gasteiger partial charge >= 0.3 is 0 Å². The lowest BCUT2D eigenvalue weighted by atomic mass is 10.2. The van der Waals surface area contributed by atoms with E-state index >= 15 is 0 Å². The van der Waals surface area contributed by atoms with Crippen molar-refractivity contribution in [1.29, 1.82) is 0 Å². The molecule has 2 aromatic rings. The Kier molecular flexibility index (Phi) is 3.60. The highest BCUT2D eigenvalue weighted by atomic mass is 19.1. The third kappa shape index (κ3) is 2.42. The molecule has 0 radical (unpaired) electrons. The van der Waals surface area contributed by atoms with Gasteiger partial charge in [-0.05, 0) is 37.6 Å². The first-order valence-corrected chi connectivity index (χ1v) is 5.89. The van der Waals surface area contributed by atoms with Gasteiger partial charge < -0.3 is 15.7 Å². The summed E-state index contributed by atoms with van der Waals surface area (Å²) in [6.45, 7) is 3.36. The molecule has 6 nitrogen and oxygen atoms in total. The monoisotopic (exact) mass is 278 g/mol. The SMILES string of the molecule is Cc1cc(Oc2c(/C(N)=N/O)c(C)nn2C)ccc1F. The highest BCUT2D eigenvalue weighted by Gasteiger charge is 2.19. The second-order valence-electron chi connectivity index (χ2n) is 4.39. The fourth-order valence-electron chi connectivity index (χ4n) is 1.89. The number of halogens is 1. The van der Waals surface area contributed by atoms with E-state index in [-0.39, 0.29) is 11.7 Å². The molecule has 1 heterocycles. The first-order chi connectivity index (χ1) is 9.43. The Morgan fingerprint density at radius 2 is 2.15 bits per heavy atom. The van der Waals surface area contributed by atoms with Gasteiger partial charge in [-0.2, -0.15) is 5.10 Å². The van der Waals surface area contributed by atoms with E-state index in [1.807, 2.05) is 0 Å². The van der Waals surface area contributed by atoms with Crippen LogP contribution in [0.15, 0.2) is 23.4 Å². The van der Waals surface area contributed by atoms with Crippen LogP contribution in [0.2, 0.25) is 0 Å². The summed E-state index contributed by atoms with van der Waals surface area (Å²) >= 11 is 0. The van der Waals surface area contributed by atoms with Gasteiger partial charge in [-0.25, -0.2) is 9.07 Å². The van der Waals surface area contributed by atoms with Crippen LogP contribution in [-0.2, 0) is 7.05 Å². The maximum Gasteiger partial charge on any atom is 0.229 e. The molecule has 0 amide bonds. The van der Waals surface area contributed by atoms with Gasteiger partial charge in [0.25, 0.3) is 0 Å². The minimum Gasteiger partial charge on any atom is -0.438 e. The van der Waals surface area contributed by atoms with Crippen LogP contribution in [0, 0.1) is 19.7 Å². The van der Waals surface area contributed by atoms with E-state index in [0.29, 0.717) is 28.5 Å². The second-order valence-corrected chi connectivity index (χ2v) is 4.39. The Labute approximate surface area is 115 Å². The van der Waals surface area contributed by atoms with E-state index in [1.165, 1.54) is 16.8 Å². The van der Waals surface area contributed by atoms with Crippen molar-refractivity contribution in [3.05, 3.63) is 40.8 Å². The van der Waals surface area contributed by atoms with Gasteiger partial charge in [0, 0.05) is 7.05 Å². The maximum atomic E-state index is 13.2. The van der Waals surface area contributed by atoms with Gasteiger partial charge in [0.2, 0.25) is 5.88 Å². The van der Waals surface area contributed by atoms with Crippen LogP contribution in [0.4, 0.5) is 4.39 Å². The molecule has 0 spiro atoms. The largest absolute Gasteiger partial charge is 0.438 e. The Bertz CT molecular complexity index is 679. The van der Waals surface area contributed by atoms with Gasteiger partial charge in [-0.15, -0.1) is 0 Å². The van der Waals surface area contributed by atoms with Crippen LogP contribution < -0.4 is 10.5 Å². The van der Waals surface area contributed by atoms with E-state index in [1.54, 1.807) is 27.0 Å². The zero-order valence-corrected chi connectivity index (χ0v) is 11.4. The van der Waals surface area contributed by atoms with Crippen LogP contribution in [-0.4, -0.2) is 20.8 Å². The average Bonchev–Trinajstić information content (AvgIpc) is 2.68. The Morgan fingerprint density at radius 3 is 2.75 bits per heavy atom. The first kappa shape index (κ1) is 13.9. The number of benzene rings is 1. The van der Waals surface area contributed by atoms with E-state index in [0.717, 1.165) is 0 Å². The van der Waals surface area contributed by atoms with Gasteiger partial charge in [0.05, 0.1) is 5.69 Å². The third-order valence-electron chi connectivity index (χ3n) is 2.88. The minimum atomic E-state index is -0.310. The molecule has 0 bridgehead atoms. The number of hydrogen-bond acceptors (Lipinski definition) is 4. The van der Waals surface area contributed by atoms with Crippen molar-refractivity contribution in [1.82, 2.24) is 9.78 Å². The van der Waals surface area contributed by atoms with Crippen molar-refractivity contribution in [2.45, 2.75) is 13.8 Å². The molecule has 0 atom stereocenters. The van der Waals surface area contributed by atoms with E-state index in [2.05, 4.69) is 10.3 Å². The van der Waals surface area contributed by atoms with Crippen molar-refractivity contribution in [3.8, 4) is 11.6 Å². The smallest absolute Gasteiger partial charge is 0.229 e. The molecule has 0 aliphatic carbocycles. The van der Waals surface area contributed by atoms with Gasteiger partial charge in [-0.1, -0.05) is 5.16 Å². The summed E-state index contributed by atoms with van der Waals surface area (Å²) in [6, 6.07) is 4.38. The Morgan fingerprint density at radius 1 is 1.45 bits per heavy atom. The Balaban J connectivity index is 2.45. The standard InChI is InChI=1S/C13H15FN4O2/c1-7-6-9(4-5-10(7)14)20-13-11(12(15)17-19)8(2)16-18(13)3/h4-6,19H,1-3H3,(H2,15,17). The molecule has 1 aromatic carbocycles. The maximum absolute atomic E-state index is 13.2. The number of nitrogens with two attached hydrogens (primary N) is 1. The van der Waals surface area contributed by atoms with Crippen molar-refractivity contribution in [3.63, 3.8) is 0 Å². The summed E-state index contributed by atoms with van der Waals surface area (Å²) in [4.78, 5) is 0. The molecule has 0 aliphatic heterocycles. The van der Waals surface area contributed by atoms with Crippen molar-refractivity contribution in [2.24, 2.45) is 17.9 Å². The van der Waals surface area contributed by atoms with Crippen molar-refractivity contribution >= 4 is 5.84 Å². The van der Waals surface area contributed by atoms with E-state index in [4.69, 9.17) is 15.7 Å². The average molecular weight is 278 g/mol. The highest BCUT2D eigenvalue weighted by Crippen LogP contribution is 2.28. The molecule has 20 heavy (non-hydrogen) atoms. The normalized spacial score (nSPS) is 11.7. The van der Waals surface area contributed by atoms with Crippen LogP contribution in [0.5, 0.6) is 11.6 Å². The number of amidine groups is 1. The van der Waals surface area contributed by atoms with Gasteiger partial charge in [-0.3, -0.25) is 0 Å². The predicted molar refractivity (Wildman–Crippen MR) is 71.7 cm³/mol. The molecule has 0 unspecified atom stereocenters. The van der Waals surface area contributed by atoms with Crippen LogP contribution >= 0.6 is 0 Å². The molecule has 1 aromatic heterocycles. The predicted octanol–water partition coefficient (Wildman–Crippen LogP) is 2.06. The molecular weight excluding hydrogens is 263 g/mol. The summed E-state index contributed by atoms with van der Waals surface area (Å²) < 4.78 is 20.4. The summed E-state index contributed by atoms with van der Waals surface area (Å²) in [5.74, 6) is 0.363. The quantitative estimate of drug-likeness (QED) is 0.389. The lowest BCUT2D eigenvalue weighted by Gasteiger charge is -2.09. The topological polar surface area (TPSA) is 85.7 Å². The summed E-state index contributed by atoms with van der Waals surface area (Å²) in [5, 5.41) is 15.9. The second kappa shape index (κ2) is 5.20. The summed E-state index contributed by atoms with van der Waals surface area (Å²) in [5.41, 5.74) is 7.05. The molecular formula is C13H15FN4O2. The molecule has 0 fully saturated rings. The summed E-state index contributed by atoms with van der Waals surface area (Å²) in [7, 11) is 1.67. The molecule has 7 heteroatoms. The molecule has 0 saturated carbocycles. The van der Waals surface area contributed by atoms with E-state index in [9.17, 15) is 4.39 Å². The number of hydrogen-bond donors (Lipinski definition) is 2. The van der Waals surface area contributed by atoms with Crippen LogP contribution in [0.25, 0.3) is 0 Å². The lowest BCUT2D eigenvalue weighted by molar-refractivity contribution is 0.318. The molecule has 3 N–H and O–H groups in total. The van der Waals surface area contributed by atoms with Crippen molar-refractivity contribution in [2.75, 3.05) is 0 Å². The van der Waals surface area contributed by atoms with Crippen LogP contribution in [0.3, 0.4) is 0 Å².